The summed E-state index contributed by atoms with van der Waals surface area (Å²) < 4.78 is 0. The zero-order valence-corrected chi connectivity index (χ0v) is 12.1. The third-order valence-electron chi connectivity index (χ3n) is 4.25. The van der Waals surface area contributed by atoms with Crippen LogP contribution in [-0.2, 0) is 9.59 Å². The maximum absolute atomic E-state index is 12.5. The van der Waals surface area contributed by atoms with Gasteiger partial charge in [-0.2, -0.15) is 0 Å². The number of aryl methyl sites for hydroxylation is 1. The predicted octanol–water partition coefficient (Wildman–Crippen LogP) is 1.59. The molecule has 1 aliphatic heterocycles. The molecule has 2 N–H and O–H groups in total. The van der Waals surface area contributed by atoms with Crippen molar-refractivity contribution in [2.75, 3.05) is 11.4 Å². The van der Waals surface area contributed by atoms with Crippen molar-refractivity contribution < 1.29 is 9.59 Å². The molecule has 1 aromatic carbocycles. The van der Waals surface area contributed by atoms with Crippen molar-refractivity contribution in [1.82, 2.24) is 0 Å². The summed E-state index contributed by atoms with van der Waals surface area (Å²) >= 11 is 0. The summed E-state index contributed by atoms with van der Waals surface area (Å²) in [5, 5.41) is 0. The number of nitrogens with zero attached hydrogens (tertiary/aromatic N) is 1. The maximum Gasteiger partial charge on any atom is 0.237 e. The van der Waals surface area contributed by atoms with Crippen LogP contribution in [0.3, 0.4) is 0 Å². The number of benzene rings is 1. The average molecular weight is 282 g/mol. The minimum absolute atomic E-state index is 0.0502. The van der Waals surface area contributed by atoms with E-state index in [0.29, 0.717) is 5.69 Å². The smallest absolute Gasteiger partial charge is 0.237 e. The summed E-state index contributed by atoms with van der Waals surface area (Å²) in [7, 11) is 0. The molecule has 1 aliphatic carbocycles. The Balaban J connectivity index is 1.99. The zero-order chi connectivity index (χ0) is 15.0. The number of imide groups is 1. The van der Waals surface area contributed by atoms with E-state index in [1.807, 2.05) is 19.1 Å². The first-order chi connectivity index (χ1) is 10.1. The lowest BCUT2D eigenvalue weighted by Gasteiger charge is -2.17. The zero-order valence-electron chi connectivity index (χ0n) is 12.1. The molecule has 2 atom stereocenters. The minimum atomic E-state index is -0.114. The van der Waals surface area contributed by atoms with Crippen molar-refractivity contribution in [1.29, 1.82) is 0 Å². The second-order valence-electron chi connectivity index (χ2n) is 5.72. The number of rotatable bonds is 1. The fourth-order valence-corrected chi connectivity index (χ4v) is 3.36. The van der Waals surface area contributed by atoms with Crippen LogP contribution in [0.4, 0.5) is 5.69 Å². The monoisotopic (exact) mass is 282 g/mol. The van der Waals surface area contributed by atoms with Crippen LogP contribution in [0.25, 0.3) is 0 Å². The molecule has 2 amide bonds. The second kappa shape index (κ2) is 5.34. The molecule has 2 aliphatic rings. The van der Waals surface area contributed by atoms with Gasteiger partial charge in [0, 0.05) is 5.56 Å². The molecule has 0 bridgehead atoms. The normalized spacial score (nSPS) is 24.0. The van der Waals surface area contributed by atoms with Crippen LogP contribution >= 0.6 is 0 Å². The lowest BCUT2D eigenvalue weighted by molar-refractivity contribution is -0.122. The molecule has 4 nitrogen and oxygen atoms in total. The predicted molar refractivity (Wildman–Crippen MR) is 80.4 cm³/mol. The van der Waals surface area contributed by atoms with Crippen LogP contribution in [0, 0.1) is 30.6 Å². The van der Waals surface area contributed by atoms with Gasteiger partial charge in [-0.05, 0) is 43.5 Å². The van der Waals surface area contributed by atoms with E-state index in [0.717, 1.165) is 30.4 Å². The Labute approximate surface area is 124 Å². The fraction of sp³-hybridized carbons (Fsp3) is 0.412. The first-order valence-electron chi connectivity index (χ1n) is 7.30. The summed E-state index contributed by atoms with van der Waals surface area (Å²) in [6, 6.07) is 5.59. The Morgan fingerprint density at radius 2 is 1.86 bits per heavy atom. The quantitative estimate of drug-likeness (QED) is 0.628. The van der Waals surface area contributed by atoms with Crippen LogP contribution < -0.4 is 10.6 Å². The van der Waals surface area contributed by atoms with Gasteiger partial charge in [0.05, 0.1) is 24.1 Å². The highest BCUT2D eigenvalue weighted by molar-refractivity contribution is 6.22. The number of hydrogen-bond donors (Lipinski definition) is 1. The largest absolute Gasteiger partial charge is 0.320 e. The van der Waals surface area contributed by atoms with Crippen molar-refractivity contribution in [2.24, 2.45) is 17.6 Å². The Morgan fingerprint density at radius 3 is 2.48 bits per heavy atom. The molecule has 1 saturated heterocycles. The molecular weight excluding hydrogens is 264 g/mol. The average Bonchev–Trinajstić information content (AvgIpc) is 3.01. The number of hydrogen-bond acceptors (Lipinski definition) is 3. The first kappa shape index (κ1) is 13.8. The van der Waals surface area contributed by atoms with Gasteiger partial charge in [0.2, 0.25) is 11.8 Å². The molecule has 3 rings (SSSR count). The van der Waals surface area contributed by atoms with Gasteiger partial charge in [-0.1, -0.05) is 18.3 Å². The Morgan fingerprint density at radius 1 is 1.19 bits per heavy atom. The van der Waals surface area contributed by atoms with Crippen LogP contribution in [-0.4, -0.2) is 18.4 Å². The molecule has 4 heteroatoms. The molecule has 0 radical (unpaired) electrons. The lowest BCUT2D eigenvalue weighted by Crippen LogP contribution is -2.31. The van der Waals surface area contributed by atoms with Crippen LogP contribution in [0.15, 0.2) is 18.2 Å². The minimum Gasteiger partial charge on any atom is -0.320 e. The number of carbonyl (C=O) groups excluding carboxylic acids is 2. The molecule has 108 valence electrons. The Bertz CT molecular complexity index is 647. The highest BCUT2D eigenvalue weighted by atomic mass is 16.2. The number of fused-ring (bicyclic) bond motifs is 1. The molecule has 0 aromatic heterocycles. The third-order valence-corrected chi connectivity index (χ3v) is 4.25. The summed E-state index contributed by atoms with van der Waals surface area (Å²) in [6.45, 7) is 2.22. The fourth-order valence-electron chi connectivity index (χ4n) is 3.36. The summed E-state index contributed by atoms with van der Waals surface area (Å²) in [5.74, 6) is 5.44. The van der Waals surface area contributed by atoms with Gasteiger partial charge in [0.1, 0.15) is 0 Å². The molecule has 1 aromatic rings. The van der Waals surface area contributed by atoms with Gasteiger partial charge in [-0.15, -0.1) is 0 Å². The molecule has 2 unspecified atom stereocenters. The molecule has 21 heavy (non-hydrogen) atoms. The standard InChI is InChI=1S/C17H18N2O2/c1-11-8-12(4-3-7-18)10-13(9-11)19-16(20)14-5-2-6-15(14)17(19)21/h8-10,14-15H,2,5-7,18H2,1H3. The highest BCUT2D eigenvalue weighted by Crippen LogP contribution is 2.41. The van der Waals surface area contributed by atoms with E-state index >= 15 is 0 Å². The number of amides is 2. The number of nitrogens with two attached hydrogens (primary N) is 1. The molecule has 2 fully saturated rings. The Kier molecular flexibility index (Phi) is 3.52. The van der Waals surface area contributed by atoms with Crippen LogP contribution in [0.1, 0.15) is 30.4 Å². The van der Waals surface area contributed by atoms with Gasteiger partial charge >= 0.3 is 0 Å². The molecular formula is C17H18N2O2. The highest BCUT2D eigenvalue weighted by Gasteiger charge is 2.50. The number of carbonyl (C=O) groups is 2. The SMILES string of the molecule is Cc1cc(C#CCN)cc(N2C(=O)C3CCCC3C2=O)c1. The van der Waals surface area contributed by atoms with E-state index in [1.54, 1.807) is 6.07 Å². The summed E-state index contributed by atoms with van der Waals surface area (Å²) in [6.07, 6.45) is 2.64. The van der Waals surface area contributed by atoms with E-state index in [-0.39, 0.29) is 30.2 Å². The van der Waals surface area contributed by atoms with Crippen molar-refractivity contribution in [3.05, 3.63) is 29.3 Å². The first-order valence-corrected chi connectivity index (χ1v) is 7.30. The van der Waals surface area contributed by atoms with E-state index in [9.17, 15) is 9.59 Å². The maximum atomic E-state index is 12.5. The van der Waals surface area contributed by atoms with E-state index in [1.165, 1.54) is 4.90 Å². The van der Waals surface area contributed by atoms with Gasteiger partial charge < -0.3 is 5.73 Å². The van der Waals surface area contributed by atoms with Crippen molar-refractivity contribution >= 4 is 17.5 Å². The Hall–Kier alpha value is -2.12. The molecule has 0 spiro atoms. The van der Waals surface area contributed by atoms with Crippen molar-refractivity contribution in [3.8, 4) is 11.8 Å². The van der Waals surface area contributed by atoms with Crippen molar-refractivity contribution in [2.45, 2.75) is 26.2 Å². The van der Waals surface area contributed by atoms with Crippen LogP contribution in [0.2, 0.25) is 0 Å². The van der Waals surface area contributed by atoms with Gasteiger partial charge in [0.15, 0.2) is 0 Å². The van der Waals surface area contributed by atoms with Gasteiger partial charge in [-0.25, -0.2) is 0 Å². The van der Waals surface area contributed by atoms with Gasteiger partial charge in [-0.3, -0.25) is 14.5 Å². The lowest BCUT2D eigenvalue weighted by atomic mass is 10.00. The third kappa shape index (κ3) is 2.34. The van der Waals surface area contributed by atoms with E-state index in [4.69, 9.17) is 5.73 Å². The van der Waals surface area contributed by atoms with E-state index in [2.05, 4.69) is 11.8 Å². The molecule has 1 saturated carbocycles. The van der Waals surface area contributed by atoms with E-state index < -0.39 is 0 Å². The second-order valence-corrected chi connectivity index (χ2v) is 5.72. The summed E-state index contributed by atoms with van der Waals surface area (Å²) in [5.41, 5.74) is 7.79. The van der Waals surface area contributed by atoms with Crippen LogP contribution in [0.5, 0.6) is 0 Å². The van der Waals surface area contributed by atoms with Crippen molar-refractivity contribution in [3.63, 3.8) is 0 Å². The topological polar surface area (TPSA) is 63.4 Å². The number of anilines is 1. The molecule has 1 heterocycles. The van der Waals surface area contributed by atoms with Gasteiger partial charge in [0.25, 0.3) is 0 Å². The summed E-state index contributed by atoms with van der Waals surface area (Å²) in [4.78, 5) is 26.3.